The second-order valence-electron chi connectivity index (χ2n) is 4.81. The molecule has 1 aliphatic heterocycles. The third-order valence-electron chi connectivity index (χ3n) is 3.27. The molecule has 0 aromatic heterocycles. The van der Waals surface area contributed by atoms with Gasteiger partial charge in [-0.1, -0.05) is 17.7 Å². The maximum atomic E-state index is 12.1. The van der Waals surface area contributed by atoms with Crippen molar-refractivity contribution in [1.29, 1.82) is 0 Å². The third kappa shape index (κ3) is 4.14. The molecule has 1 fully saturated rings. The minimum atomic E-state index is -0.812. The van der Waals surface area contributed by atoms with Gasteiger partial charge in [-0.05, 0) is 18.2 Å². The van der Waals surface area contributed by atoms with Crippen molar-refractivity contribution in [3.05, 3.63) is 29.3 Å². The highest BCUT2D eigenvalue weighted by Crippen LogP contribution is 2.16. The van der Waals surface area contributed by atoms with Crippen LogP contribution in [0.15, 0.2) is 24.3 Å². The summed E-state index contributed by atoms with van der Waals surface area (Å²) in [4.78, 5) is 37.3. The molecule has 22 heavy (non-hydrogen) atoms. The van der Waals surface area contributed by atoms with Crippen LogP contribution in [-0.2, 0) is 14.4 Å². The standard InChI is InChI=1S/C14H16ClN3O3S/c15-9-2-1-3-10(6-9)17-12(19)7-11-14(21)16-4-5-18(11)13(20)8-22/h1-3,6,11,22H,4-5,7-8H2,(H,16,21)(H,17,19)/t11-/m1/s1. The minimum Gasteiger partial charge on any atom is -0.353 e. The summed E-state index contributed by atoms with van der Waals surface area (Å²) in [5, 5.41) is 5.83. The largest absolute Gasteiger partial charge is 0.353 e. The number of halogens is 1. The normalized spacial score (nSPS) is 17.8. The lowest BCUT2D eigenvalue weighted by Crippen LogP contribution is -2.58. The number of anilines is 1. The summed E-state index contributed by atoms with van der Waals surface area (Å²) in [5.41, 5.74) is 0.542. The molecule has 1 saturated heterocycles. The summed E-state index contributed by atoms with van der Waals surface area (Å²) in [6, 6.07) is 5.90. The van der Waals surface area contributed by atoms with Crippen molar-refractivity contribution >= 4 is 47.6 Å². The van der Waals surface area contributed by atoms with Gasteiger partial charge >= 0.3 is 0 Å². The van der Waals surface area contributed by atoms with E-state index in [0.29, 0.717) is 23.8 Å². The molecule has 1 aromatic carbocycles. The summed E-state index contributed by atoms with van der Waals surface area (Å²) in [6.07, 6.45) is -0.113. The molecule has 2 rings (SSSR count). The summed E-state index contributed by atoms with van der Waals surface area (Å²) >= 11 is 9.79. The van der Waals surface area contributed by atoms with Gasteiger partial charge in [-0.2, -0.15) is 12.6 Å². The van der Waals surface area contributed by atoms with Crippen LogP contribution in [-0.4, -0.2) is 47.5 Å². The van der Waals surface area contributed by atoms with E-state index in [1.165, 1.54) is 4.90 Å². The first-order chi connectivity index (χ1) is 10.5. The predicted molar refractivity (Wildman–Crippen MR) is 87.1 cm³/mol. The van der Waals surface area contributed by atoms with Crippen molar-refractivity contribution < 1.29 is 14.4 Å². The van der Waals surface area contributed by atoms with E-state index in [-0.39, 0.29) is 29.9 Å². The maximum absolute atomic E-state index is 12.1. The van der Waals surface area contributed by atoms with Crippen LogP contribution < -0.4 is 10.6 Å². The summed E-state index contributed by atoms with van der Waals surface area (Å²) in [5.74, 6) is -0.956. The van der Waals surface area contributed by atoms with Crippen molar-refractivity contribution in [2.75, 3.05) is 24.2 Å². The Balaban J connectivity index is 2.04. The number of hydrogen-bond donors (Lipinski definition) is 3. The summed E-state index contributed by atoms with van der Waals surface area (Å²) < 4.78 is 0. The molecule has 0 radical (unpaired) electrons. The van der Waals surface area contributed by atoms with Gasteiger partial charge < -0.3 is 15.5 Å². The van der Waals surface area contributed by atoms with E-state index in [1.807, 2.05) is 0 Å². The topological polar surface area (TPSA) is 78.5 Å². The zero-order valence-electron chi connectivity index (χ0n) is 11.7. The van der Waals surface area contributed by atoms with E-state index in [1.54, 1.807) is 24.3 Å². The number of amides is 3. The number of piperazine rings is 1. The first-order valence-corrected chi connectivity index (χ1v) is 7.75. The Hall–Kier alpha value is -1.73. The molecule has 1 aliphatic rings. The number of carbonyl (C=O) groups excluding carboxylic acids is 3. The predicted octanol–water partition coefficient (Wildman–Crippen LogP) is 0.925. The van der Waals surface area contributed by atoms with Gasteiger partial charge in [-0.15, -0.1) is 0 Å². The zero-order valence-corrected chi connectivity index (χ0v) is 13.4. The minimum absolute atomic E-state index is 0.000305. The van der Waals surface area contributed by atoms with Crippen LogP contribution in [0, 0.1) is 0 Å². The molecule has 1 aromatic rings. The Morgan fingerprint density at radius 1 is 1.45 bits per heavy atom. The SMILES string of the molecule is O=C(C[C@@H]1C(=O)NCCN1C(=O)CS)Nc1cccc(Cl)c1. The molecule has 2 N–H and O–H groups in total. The molecule has 0 bridgehead atoms. The van der Waals surface area contributed by atoms with Crippen LogP contribution in [0.1, 0.15) is 6.42 Å². The summed E-state index contributed by atoms with van der Waals surface area (Å²) in [6.45, 7) is 0.755. The van der Waals surface area contributed by atoms with Gasteiger partial charge in [0.05, 0.1) is 12.2 Å². The molecule has 0 spiro atoms. The van der Waals surface area contributed by atoms with E-state index in [0.717, 1.165) is 0 Å². The number of rotatable bonds is 4. The first-order valence-electron chi connectivity index (χ1n) is 6.74. The summed E-state index contributed by atoms with van der Waals surface area (Å²) in [7, 11) is 0. The highest BCUT2D eigenvalue weighted by molar-refractivity contribution is 7.81. The molecule has 3 amide bonds. The average Bonchev–Trinajstić information content (AvgIpc) is 2.48. The van der Waals surface area contributed by atoms with E-state index in [9.17, 15) is 14.4 Å². The Morgan fingerprint density at radius 2 is 2.23 bits per heavy atom. The van der Waals surface area contributed by atoms with Gasteiger partial charge in [0.25, 0.3) is 0 Å². The fourth-order valence-corrected chi connectivity index (χ4v) is 2.63. The molecule has 1 heterocycles. The van der Waals surface area contributed by atoms with Gasteiger partial charge in [0.1, 0.15) is 6.04 Å². The number of carbonyl (C=O) groups is 3. The van der Waals surface area contributed by atoms with Crippen molar-refractivity contribution in [3.63, 3.8) is 0 Å². The van der Waals surface area contributed by atoms with Crippen LogP contribution in [0.3, 0.4) is 0 Å². The van der Waals surface area contributed by atoms with Crippen molar-refractivity contribution in [2.45, 2.75) is 12.5 Å². The number of nitrogens with zero attached hydrogens (tertiary/aromatic N) is 1. The number of benzene rings is 1. The number of hydrogen-bond acceptors (Lipinski definition) is 4. The molecule has 1 atom stereocenters. The van der Waals surface area contributed by atoms with E-state index in [2.05, 4.69) is 23.3 Å². The number of thiol groups is 1. The highest BCUT2D eigenvalue weighted by Gasteiger charge is 2.34. The molecule has 0 unspecified atom stereocenters. The van der Waals surface area contributed by atoms with Crippen LogP contribution in [0.2, 0.25) is 5.02 Å². The number of nitrogens with one attached hydrogen (secondary N) is 2. The second kappa shape index (κ2) is 7.51. The average molecular weight is 342 g/mol. The molecular weight excluding hydrogens is 326 g/mol. The first kappa shape index (κ1) is 16.6. The second-order valence-corrected chi connectivity index (χ2v) is 5.57. The molecule has 0 saturated carbocycles. The van der Waals surface area contributed by atoms with E-state index < -0.39 is 6.04 Å². The monoisotopic (exact) mass is 341 g/mol. The van der Waals surface area contributed by atoms with Gasteiger partial charge in [0, 0.05) is 23.8 Å². The third-order valence-corrected chi connectivity index (χ3v) is 3.78. The van der Waals surface area contributed by atoms with Crippen molar-refractivity contribution in [2.24, 2.45) is 0 Å². The molecule has 8 heteroatoms. The van der Waals surface area contributed by atoms with Gasteiger partial charge in [0.2, 0.25) is 17.7 Å². The zero-order chi connectivity index (χ0) is 16.1. The van der Waals surface area contributed by atoms with Crippen LogP contribution in [0.5, 0.6) is 0 Å². The van der Waals surface area contributed by atoms with E-state index in [4.69, 9.17) is 11.6 Å². The fraction of sp³-hybridized carbons (Fsp3) is 0.357. The molecule has 0 aliphatic carbocycles. The van der Waals surface area contributed by atoms with Gasteiger partial charge in [-0.25, -0.2) is 0 Å². The van der Waals surface area contributed by atoms with Crippen LogP contribution in [0.4, 0.5) is 5.69 Å². The fourth-order valence-electron chi connectivity index (χ4n) is 2.26. The van der Waals surface area contributed by atoms with Crippen molar-refractivity contribution in [1.82, 2.24) is 10.2 Å². The molecular formula is C14H16ClN3O3S. The lowest BCUT2D eigenvalue weighted by Gasteiger charge is -2.34. The molecule has 6 nitrogen and oxygen atoms in total. The van der Waals surface area contributed by atoms with Crippen LogP contribution in [0.25, 0.3) is 0 Å². The van der Waals surface area contributed by atoms with Gasteiger partial charge in [0.15, 0.2) is 0 Å². The lowest BCUT2D eigenvalue weighted by molar-refractivity contribution is -0.142. The Morgan fingerprint density at radius 3 is 2.91 bits per heavy atom. The Bertz CT molecular complexity index is 596. The maximum Gasteiger partial charge on any atom is 0.243 e. The highest BCUT2D eigenvalue weighted by atomic mass is 35.5. The van der Waals surface area contributed by atoms with Crippen molar-refractivity contribution in [3.8, 4) is 0 Å². The Labute approximate surface area is 138 Å². The van der Waals surface area contributed by atoms with Gasteiger partial charge in [-0.3, -0.25) is 14.4 Å². The van der Waals surface area contributed by atoms with E-state index >= 15 is 0 Å². The van der Waals surface area contributed by atoms with Crippen LogP contribution >= 0.6 is 24.2 Å². The quantitative estimate of drug-likeness (QED) is 0.713. The lowest BCUT2D eigenvalue weighted by atomic mass is 10.1. The Kier molecular flexibility index (Phi) is 5.68. The smallest absolute Gasteiger partial charge is 0.243 e. The molecule has 118 valence electrons.